The van der Waals surface area contributed by atoms with Crippen LogP contribution in [0.25, 0.3) is 11.0 Å². The summed E-state index contributed by atoms with van der Waals surface area (Å²) in [5.74, 6) is 0.580. The molecule has 102 valence electrons. The number of para-hydroxylation sites is 1. The molecule has 1 aromatic heterocycles. The topological polar surface area (TPSA) is 33.4 Å². The van der Waals surface area contributed by atoms with Gasteiger partial charge in [0.05, 0.1) is 0 Å². The molecule has 1 heterocycles. The molecule has 3 heteroatoms. The first-order valence-electron chi connectivity index (χ1n) is 6.49. The fourth-order valence-corrected chi connectivity index (χ4v) is 2.61. The average molecular weight is 331 g/mol. The van der Waals surface area contributed by atoms with Crippen LogP contribution in [0.2, 0.25) is 0 Å². The van der Waals surface area contributed by atoms with Crippen LogP contribution in [-0.2, 0) is 0 Å². The van der Waals surface area contributed by atoms with Crippen LogP contribution in [0.4, 0.5) is 0 Å². The van der Waals surface area contributed by atoms with Gasteiger partial charge in [0.1, 0.15) is 17.4 Å². The molecule has 0 saturated carbocycles. The van der Waals surface area contributed by atoms with Crippen LogP contribution in [0.5, 0.6) is 0 Å². The Labute approximate surface area is 126 Å². The Morgan fingerprint density at radius 3 is 2.55 bits per heavy atom. The quantitative estimate of drug-likeness (QED) is 0.725. The highest BCUT2D eigenvalue weighted by molar-refractivity contribution is 9.10. The number of aliphatic hydroxyl groups excluding tert-OH is 1. The monoisotopic (exact) mass is 330 g/mol. The van der Waals surface area contributed by atoms with Gasteiger partial charge in [0.2, 0.25) is 0 Å². The lowest BCUT2D eigenvalue weighted by Gasteiger charge is -2.09. The summed E-state index contributed by atoms with van der Waals surface area (Å²) < 4.78 is 6.86. The van der Waals surface area contributed by atoms with Crippen LogP contribution in [0.1, 0.15) is 28.6 Å². The second-order valence-corrected chi connectivity index (χ2v) is 5.91. The van der Waals surface area contributed by atoms with E-state index in [0.29, 0.717) is 5.76 Å². The van der Waals surface area contributed by atoms with Crippen molar-refractivity contribution in [3.05, 3.63) is 69.4 Å². The van der Waals surface area contributed by atoms with E-state index in [4.69, 9.17) is 4.42 Å². The molecule has 0 aliphatic carbocycles. The van der Waals surface area contributed by atoms with Gasteiger partial charge in [0.25, 0.3) is 0 Å². The Morgan fingerprint density at radius 2 is 1.85 bits per heavy atom. The summed E-state index contributed by atoms with van der Waals surface area (Å²) in [6, 6.07) is 13.7. The van der Waals surface area contributed by atoms with Crippen molar-refractivity contribution in [2.75, 3.05) is 0 Å². The molecule has 2 nitrogen and oxygen atoms in total. The smallest absolute Gasteiger partial charge is 0.138 e. The summed E-state index contributed by atoms with van der Waals surface area (Å²) in [4.78, 5) is 0. The molecule has 0 saturated heterocycles. The van der Waals surface area contributed by atoms with E-state index in [-0.39, 0.29) is 0 Å². The van der Waals surface area contributed by atoms with Gasteiger partial charge in [0.15, 0.2) is 0 Å². The van der Waals surface area contributed by atoms with E-state index in [9.17, 15) is 5.11 Å². The first kappa shape index (κ1) is 13.4. The van der Waals surface area contributed by atoms with Crippen molar-refractivity contribution in [1.82, 2.24) is 0 Å². The van der Waals surface area contributed by atoms with Gasteiger partial charge in [-0.2, -0.15) is 0 Å². The van der Waals surface area contributed by atoms with Crippen molar-refractivity contribution >= 4 is 26.9 Å². The molecule has 0 aliphatic heterocycles. The van der Waals surface area contributed by atoms with Gasteiger partial charge in [-0.25, -0.2) is 0 Å². The third-order valence-electron chi connectivity index (χ3n) is 3.53. The molecule has 0 amide bonds. The van der Waals surface area contributed by atoms with Crippen molar-refractivity contribution in [2.45, 2.75) is 20.0 Å². The maximum absolute atomic E-state index is 10.5. The van der Waals surface area contributed by atoms with E-state index in [0.717, 1.165) is 32.1 Å². The number of rotatable bonds is 2. The van der Waals surface area contributed by atoms with E-state index < -0.39 is 6.10 Å². The maximum Gasteiger partial charge on any atom is 0.138 e. The lowest BCUT2D eigenvalue weighted by Crippen LogP contribution is -1.98. The van der Waals surface area contributed by atoms with Crippen molar-refractivity contribution in [3.8, 4) is 0 Å². The number of hydrogen-bond acceptors (Lipinski definition) is 2. The van der Waals surface area contributed by atoms with Gasteiger partial charge in [-0.05, 0) is 42.7 Å². The van der Waals surface area contributed by atoms with Crippen LogP contribution in [0.15, 0.2) is 51.4 Å². The van der Waals surface area contributed by atoms with Crippen molar-refractivity contribution in [2.24, 2.45) is 0 Å². The Morgan fingerprint density at radius 1 is 1.05 bits per heavy atom. The maximum atomic E-state index is 10.5. The molecule has 3 rings (SSSR count). The predicted molar refractivity (Wildman–Crippen MR) is 83.9 cm³/mol. The first-order valence-corrected chi connectivity index (χ1v) is 7.29. The second kappa shape index (κ2) is 5.08. The van der Waals surface area contributed by atoms with E-state index in [1.807, 2.05) is 56.3 Å². The standard InChI is InChI=1S/C17H15BrO2/c1-10-4-3-5-13-9-15(20-17(10)13)16(19)12-6-7-14(18)11(2)8-12/h3-9,16,19H,1-2H3. The van der Waals surface area contributed by atoms with Gasteiger partial charge in [-0.15, -0.1) is 0 Å². The lowest BCUT2D eigenvalue weighted by atomic mass is 10.0. The molecule has 20 heavy (non-hydrogen) atoms. The minimum atomic E-state index is -0.742. The highest BCUT2D eigenvalue weighted by atomic mass is 79.9. The van der Waals surface area contributed by atoms with Crippen LogP contribution < -0.4 is 0 Å². The Bertz CT molecular complexity index is 774. The zero-order valence-electron chi connectivity index (χ0n) is 11.4. The number of benzene rings is 2. The Hall–Kier alpha value is -1.58. The first-order chi connectivity index (χ1) is 9.56. The SMILES string of the molecule is Cc1cc(C(O)c2cc3cccc(C)c3o2)ccc1Br. The number of fused-ring (bicyclic) bond motifs is 1. The van der Waals surface area contributed by atoms with Crippen LogP contribution in [-0.4, -0.2) is 5.11 Å². The molecule has 2 aromatic carbocycles. The fourth-order valence-electron chi connectivity index (χ4n) is 2.37. The lowest BCUT2D eigenvalue weighted by molar-refractivity contribution is 0.192. The van der Waals surface area contributed by atoms with E-state index >= 15 is 0 Å². The minimum Gasteiger partial charge on any atom is -0.458 e. The molecule has 0 radical (unpaired) electrons. The second-order valence-electron chi connectivity index (χ2n) is 5.05. The number of aryl methyl sites for hydroxylation is 2. The van der Waals surface area contributed by atoms with Gasteiger partial charge in [-0.3, -0.25) is 0 Å². The number of halogens is 1. The summed E-state index contributed by atoms with van der Waals surface area (Å²) in [5, 5.41) is 11.5. The molecule has 1 atom stereocenters. The van der Waals surface area contributed by atoms with Crippen LogP contribution in [0.3, 0.4) is 0 Å². The molecule has 0 fully saturated rings. The normalized spacial score (nSPS) is 12.8. The summed E-state index contributed by atoms with van der Waals surface area (Å²) in [7, 11) is 0. The zero-order chi connectivity index (χ0) is 14.3. The van der Waals surface area contributed by atoms with Crippen molar-refractivity contribution < 1.29 is 9.52 Å². The van der Waals surface area contributed by atoms with Gasteiger partial charge >= 0.3 is 0 Å². The largest absolute Gasteiger partial charge is 0.458 e. The number of furan rings is 1. The summed E-state index contributed by atoms with van der Waals surface area (Å²) >= 11 is 3.47. The van der Waals surface area contributed by atoms with Crippen LogP contribution >= 0.6 is 15.9 Å². The van der Waals surface area contributed by atoms with Gasteiger partial charge < -0.3 is 9.52 Å². The molecule has 1 N–H and O–H groups in total. The molecular weight excluding hydrogens is 316 g/mol. The Kier molecular flexibility index (Phi) is 3.40. The Balaban J connectivity index is 2.05. The molecule has 1 unspecified atom stereocenters. The molecule has 0 spiro atoms. The molecular formula is C17H15BrO2. The third kappa shape index (κ3) is 2.28. The predicted octanol–water partition coefficient (Wildman–Crippen LogP) is 4.89. The van der Waals surface area contributed by atoms with E-state index in [1.54, 1.807) is 0 Å². The average Bonchev–Trinajstić information content (AvgIpc) is 2.86. The fraction of sp³-hybridized carbons (Fsp3) is 0.176. The van der Waals surface area contributed by atoms with Gasteiger partial charge in [-0.1, -0.05) is 46.3 Å². The molecule has 3 aromatic rings. The number of aliphatic hydroxyl groups is 1. The highest BCUT2D eigenvalue weighted by Gasteiger charge is 2.16. The van der Waals surface area contributed by atoms with Crippen molar-refractivity contribution in [3.63, 3.8) is 0 Å². The van der Waals surface area contributed by atoms with E-state index in [2.05, 4.69) is 15.9 Å². The number of hydrogen-bond donors (Lipinski definition) is 1. The summed E-state index contributed by atoms with van der Waals surface area (Å²) in [6.45, 7) is 4.01. The third-order valence-corrected chi connectivity index (χ3v) is 4.42. The van der Waals surface area contributed by atoms with Gasteiger partial charge in [0, 0.05) is 9.86 Å². The summed E-state index contributed by atoms with van der Waals surface area (Å²) in [5.41, 5.74) is 3.85. The van der Waals surface area contributed by atoms with E-state index in [1.165, 1.54) is 0 Å². The minimum absolute atomic E-state index is 0.580. The van der Waals surface area contributed by atoms with Crippen molar-refractivity contribution in [1.29, 1.82) is 0 Å². The summed E-state index contributed by atoms with van der Waals surface area (Å²) in [6.07, 6.45) is -0.742. The van der Waals surface area contributed by atoms with Crippen LogP contribution in [0, 0.1) is 13.8 Å². The zero-order valence-corrected chi connectivity index (χ0v) is 12.9. The molecule has 0 bridgehead atoms. The molecule has 0 aliphatic rings. The highest BCUT2D eigenvalue weighted by Crippen LogP contribution is 2.31.